The molecule has 0 aliphatic carbocycles. The van der Waals surface area contributed by atoms with Gasteiger partial charge < -0.3 is 5.32 Å². The molecule has 1 aliphatic rings. The maximum Gasteiger partial charge on any atom is 0.0794 e. The Morgan fingerprint density at radius 1 is 1.18 bits per heavy atom. The number of rotatable bonds is 4. The SMILES string of the molecule is c1ccc(CC2(Cc3cncs3)CNC2)cc1. The van der Waals surface area contributed by atoms with Gasteiger partial charge in [-0.2, -0.15) is 0 Å². The van der Waals surface area contributed by atoms with Crippen LogP contribution in [-0.2, 0) is 12.8 Å². The Morgan fingerprint density at radius 2 is 2.00 bits per heavy atom. The lowest BCUT2D eigenvalue weighted by Crippen LogP contribution is -2.55. The van der Waals surface area contributed by atoms with Crippen molar-refractivity contribution < 1.29 is 0 Å². The summed E-state index contributed by atoms with van der Waals surface area (Å²) in [4.78, 5) is 5.57. The molecule has 2 nitrogen and oxygen atoms in total. The zero-order valence-electron chi connectivity index (χ0n) is 9.73. The van der Waals surface area contributed by atoms with Crippen LogP contribution in [-0.4, -0.2) is 18.1 Å². The van der Waals surface area contributed by atoms with Crippen molar-refractivity contribution >= 4 is 11.3 Å². The molecule has 1 aromatic carbocycles. The summed E-state index contributed by atoms with van der Waals surface area (Å²) in [6.45, 7) is 2.25. The molecular weight excluding hydrogens is 228 g/mol. The van der Waals surface area contributed by atoms with Gasteiger partial charge in [-0.1, -0.05) is 30.3 Å². The van der Waals surface area contributed by atoms with Crippen molar-refractivity contribution in [2.75, 3.05) is 13.1 Å². The molecule has 0 radical (unpaired) electrons. The van der Waals surface area contributed by atoms with Gasteiger partial charge in [-0.25, -0.2) is 0 Å². The summed E-state index contributed by atoms with van der Waals surface area (Å²) in [5.41, 5.74) is 3.78. The molecule has 1 aliphatic heterocycles. The molecule has 0 unspecified atom stereocenters. The lowest BCUT2D eigenvalue weighted by molar-refractivity contribution is 0.168. The van der Waals surface area contributed by atoms with Crippen LogP contribution in [0.2, 0.25) is 0 Å². The third kappa shape index (κ3) is 2.40. The smallest absolute Gasteiger partial charge is 0.0794 e. The normalized spacial score (nSPS) is 17.6. The largest absolute Gasteiger partial charge is 0.315 e. The first-order valence-electron chi connectivity index (χ1n) is 5.98. The van der Waals surface area contributed by atoms with Crippen molar-refractivity contribution in [2.45, 2.75) is 12.8 Å². The highest BCUT2D eigenvalue weighted by Crippen LogP contribution is 2.32. The van der Waals surface area contributed by atoms with E-state index in [1.807, 2.05) is 11.7 Å². The Hall–Kier alpha value is -1.19. The Morgan fingerprint density at radius 3 is 2.59 bits per heavy atom. The lowest BCUT2D eigenvalue weighted by Gasteiger charge is -2.43. The molecule has 17 heavy (non-hydrogen) atoms. The summed E-state index contributed by atoms with van der Waals surface area (Å²) in [7, 11) is 0. The summed E-state index contributed by atoms with van der Waals surface area (Å²) in [5.74, 6) is 0. The molecule has 0 spiro atoms. The molecule has 1 aromatic heterocycles. The molecule has 3 heteroatoms. The van der Waals surface area contributed by atoms with Crippen LogP contribution in [0.3, 0.4) is 0 Å². The van der Waals surface area contributed by atoms with Crippen LogP contribution in [0.4, 0.5) is 0 Å². The van der Waals surface area contributed by atoms with E-state index in [0.717, 1.165) is 19.5 Å². The number of hydrogen-bond donors (Lipinski definition) is 1. The van der Waals surface area contributed by atoms with E-state index in [0.29, 0.717) is 5.41 Å². The molecule has 3 rings (SSSR count). The minimum Gasteiger partial charge on any atom is -0.315 e. The third-order valence-corrected chi connectivity index (χ3v) is 4.23. The summed E-state index contributed by atoms with van der Waals surface area (Å²) in [6, 6.07) is 10.8. The van der Waals surface area contributed by atoms with Crippen molar-refractivity contribution in [3.8, 4) is 0 Å². The van der Waals surface area contributed by atoms with Gasteiger partial charge in [0.2, 0.25) is 0 Å². The van der Waals surface area contributed by atoms with Gasteiger partial charge in [-0.15, -0.1) is 11.3 Å². The monoisotopic (exact) mass is 244 g/mol. The van der Waals surface area contributed by atoms with Gasteiger partial charge in [0.1, 0.15) is 0 Å². The minimum absolute atomic E-state index is 0.411. The third-order valence-electron chi connectivity index (χ3n) is 3.45. The second-order valence-electron chi connectivity index (χ2n) is 4.91. The van der Waals surface area contributed by atoms with Crippen LogP contribution in [0, 0.1) is 5.41 Å². The van der Waals surface area contributed by atoms with Crippen molar-refractivity contribution in [3.63, 3.8) is 0 Å². The minimum atomic E-state index is 0.411. The molecule has 88 valence electrons. The van der Waals surface area contributed by atoms with Gasteiger partial charge in [-0.05, 0) is 18.4 Å². The molecule has 1 fully saturated rings. The molecule has 0 amide bonds. The summed E-state index contributed by atoms with van der Waals surface area (Å²) >= 11 is 1.77. The number of aromatic nitrogens is 1. The number of nitrogens with one attached hydrogen (secondary N) is 1. The molecule has 0 bridgehead atoms. The van der Waals surface area contributed by atoms with Crippen molar-refractivity contribution in [1.82, 2.24) is 10.3 Å². The topological polar surface area (TPSA) is 24.9 Å². The molecule has 1 N–H and O–H groups in total. The summed E-state index contributed by atoms with van der Waals surface area (Å²) < 4.78 is 0. The van der Waals surface area contributed by atoms with Crippen molar-refractivity contribution in [3.05, 3.63) is 52.5 Å². The van der Waals surface area contributed by atoms with E-state index in [9.17, 15) is 0 Å². The van der Waals surface area contributed by atoms with Gasteiger partial charge >= 0.3 is 0 Å². The predicted octanol–water partition coefficient (Wildman–Crippen LogP) is 2.52. The number of nitrogens with zero attached hydrogens (tertiary/aromatic N) is 1. The van der Waals surface area contributed by atoms with Crippen LogP contribution in [0.5, 0.6) is 0 Å². The average Bonchev–Trinajstić information content (AvgIpc) is 2.80. The second-order valence-corrected chi connectivity index (χ2v) is 5.88. The molecule has 2 heterocycles. The van der Waals surface area contributed by atoms with Crippen LogP contribution in [0.15, 0.2) is 42.0 Å². The van der Waals surface area contributed by atoms with Crippen LogP contribution in [0.25, 0.3) is 0 Å². The van der Waals surface area contributed by atoms with Crippen LogP contribution >= 0.6 is 11.3 Å². The lowest BCUT2D eigenvalue weighted by atomic mass is 9.73. The first-order chi connectivity index (χ1) is 8.36. The van der Waals surface area contributed by atoms with Crippen molar-refractivity contribution in [2.24, 2.45) is 5.41 Å². The number of hydrogen-bond acceptors (Lipinski definition) is 3. The second kappa shape index (κ2) is 4.59. The molecule has 0 atom stereocenters. The zero-order chi connectivity index (χ0) is 11.6. The highest BCUT2D eigenvalue weighted by molar-refractivity contribution is 7.09. The maximum absolute atomic E-state index is 4.17. The van der Waals surface area contributed by atoms with Gasteiger partial charge in [-0.3, -0.25) is 4.98 Å². The van der Waals surface area contributed by atoms with Gasteiger partial charge in [0.15, 0.2) is 0 Å². The number of thiazole rings is 1. The predicted molar refractivity (Wildman–Crippen MR) is 71.3 cm³/mol. The number of benzene rings is 1. The van der Waals surface area contributed by atoms with Crippen LogP contribution < -0.4 is 5.32 Å². The zero-order valence-corrected chi connectivity index (χ0v) is 10.5. The Kier molecular flexibility index (Phi) is 2.95. The Balaban J connectivity index is 1.74. The van der Waals surface area contributed by atoms with E-state index in [1.54, 1.807) is 11.3 Å². The highest BCUT2D eigenvalue weighted by Gasteiger charge is 2.37. The highest BCUT2D eigenvalue weighted by atomic mass is 32.1. The molecular formula is C14H16N2S. The fraction of sp³-hybridized carbons (Fsp3) is 0.357. The van der Waals surface area contributed by atoms with E-state index < -0.39 is 0 Å². The Bertz CT molecular complexity index is 460. The van der Waals surface area contributed by atoms with Crippen molar-refractivity contribution in [1.29, 1.82) is 0 Å². The van der Waals surface area contributed by atoms with Gasteiger partial charge in [0.25, 0.3) is 0 Å². The quantitative estimate of drug-likeness (QED) is 0.894. The van der Waals surface area contributed by atoms with E-state index in [-0.39, 0.29) is 0 Å². The first kappa shape index (κ1) is 10.9. The van der Waals surface area contributed by atoms with Crippen LogP contribution in [0.1, 0.15) is 10.4 Å². The first-order valence-corrected chi connectivity index (χ1v) is 6.86. The maximum atomic E-state index is 4.17. The average molecular weight is 244 g/mol. The van der Waals surface area contributed by atoms with E-state index in [1.165, 1.54) is 16.9 Å². The fourth-order valence-electron chi connectivity index (χ4n) is 2.52. The van der Waals surface area contributed by atoms with E-state index in [4.69, 9.17) is 0 Å². The van der Waals surface area contributed by atoms with Gasteiger partial charge in [0.05, 0.1) is 5.51 Å². The Labute approximate surface area is 106 Å². The molecule has 0 saturated carbocycles. The summed E-state index contributed by atoms with van der Waals surface area (Å²) in [6.07, 6.45) is 4.33. The standard InChI is InChI=1S/C14H16N2S/c1-2-4-12(5-3-1)6-14(9-16-10-14)7-13-8-15-11-17-13/h1-5,8,11,16H,6-7,9-10H2. The summed E-state index contributed by atoms with van der Waals surface area (Å²) in [5, 5.41) is 3.42. The molecule has 1 saturated heterocycles. The fourth-order valence-corrected chi connectivity index (χ4v) is 3.29. The van der Waals surface area contributed by atoms with Gasteiger partial charge in [0, 0.05) is 29.6 Å². The van der Waals surface area contributed by atoms with E-state index in [2.05, 4.69) is 40.6 Å². The molecule has 2 aromatic rings. The van der Waals surface area contributed by atoms with E-state index >= 15 is 0 Å².